The van der Waals surface area contributed by atoms with Gasteiger partial charge < -0.3 is 10.1 Å². The van der Waals surface area contributed by atoms with Crippen LogP contribution in [-0.4, -0.2) is 24.5 Å². The minimum Gasteiger partial charge on any atom is -0.358 e. The van der Waals surface area contributed by atoms with E-state index in [9.17, 15) is 10.1 Å². The number of rotatable bonds is 3. The molecular formula is C7H5N5O2S. The van der Waals surface area contributed by atoms with Crippen molar-refractivity contribution in [2.75, 3.05) is 0 Å². The van der Waals surface area contributed by atoms with Gasteiger partial charge in [0.25, 0.3) is 0 Å². The molecule has 0 aliphatic carbocycles. The Morgan fingerprint density at radius 1 is 1.67 bits per heavy atom. The molecule has 0 aliphatic heterocycles. The Balaban J connectivity index is 2.45. The minimum atomic E-state index is -0.543. The first-order valence-corrected chi connectivity index (χ1v) is 4.64. The molecule has 7 nitrogen and oxygen atoms in total. The standard InChI is InChI=1S/C7H5N5O2S/c1-2-4-6(15-11-10-4)7-8-3-5(9-7)12(13)14/h2-3H,1H2,(H,8,9). The number of hydrogen-bond donors (Lipinski definition) is 1. The van der Waals surface area contributed by atoms with E-state index in [1.807, 2.05) is 0 Å². The van der Waals surface area contributed by atoms with Gasteiger partial charge in [-0.15, -0.1) is 5.10 Å². The van der Waals surface area contributed by atoms with Crippen LogP contribution in [0.5, 0.6) is 0 Å². The van der Waals surface area contributed by atoms with Crippen molar-refractivity contribution in [3.05, 3.63) is 28.6 Å². The first kappa shape index (κ1) is 9.46. The maximum absolute atomic E-state index is 10.4. The number of H-pyrrole nitrogens is 1. The number of imidazole rings is 1. The maximum atomic E-state index is 10.4. The Kier molecular flexibility index (Phi) is 2.26. The molecule has 15 heavy (non-hydrogen) atoms. The summed E-state index contributed by atoms with van der Waals surface area (Å²) >= 11 is 1.10. The average Bonchev–Trinajstić information content (AvgIpc) is 2.85. The van der Waals surface area contributed by atoms with Gasteiger partial charge in [0.15, 0.2) is 0 Å². The second-order valence-corrected chi connectivity index (χ2v) is 3.32. The molecule has 0 spiro atoms. The molecule has 0 fully saturated rings. The number of aromatic amines is 1. The fourth-order valence-electron chi connectivity index (χ4n) is 1.02. The van der Waals surface area contributed by atoms with E-state index in [2.05, 4.69) is 26.1 Å². The van der Waals surface area contributed by atoms with E-state index in [-0.39, 0.29) is 5.82 Å². The lowest BCUT2D eigenvalue weighted by Crippen LogP contribution is -1.87. The summed E-state index contributed by atoms with van der Waals surface area (Å²) in [5.41, 5.74) is 0.559. The Morgan fingerprint density at radius 2 is 2.47 bits per heavy atom. The third-order valence-corrected chi connectivity index (χ3v) is 2.43. The Labute approximate surface area is 87.8 Å². The summed E-state index contributed by atoms with van der Waals surface area (Å²) in [7, 11) is 0. The smallest absolute Gasteiger partial charge is 0.340 e. The summed E-state index contributed by atoms with van der Waals surface area (Å²) in [5, 5.41) is 14.2. The third kappa shape index (κ3) is 1.62. The molecule has 2 heterocycles. The molecular weight excluding hydrogens is 218 g/mol. The molecule has 0 saturated heterocycles. The van der Waals surface area contributed by atoms with Crippen LogP contribution in [0.1, 0.15) is 5.69 Å². The lowest BCUT2D eigenvalue weighted by molar-refractivity contribution is -0.389. The van der Waals surface area contributed by atoms with Crippen LogP contribution in [0.15, 0.2) is 12.8 Å². The molecule has 2 aromatic rings. The number of nitrogens with zero attached hydrogens (tertiary/aromatic N) is 4. The molecule has 0 unspecified atom stereocenters. The van der Waals surface area contributed by atoms with Gasteiger partial charge in [-0.05, 0) is 22.5 Å². The Morgan fingerprint density at radius 3 is 3.07 bits per heavy atom. The van der Waals surface area contributed by atoms with Gasteiger partial charge in [0.05, 0.1) is 0 Å². The van der Waals surface area contributed by atoms with E-state index >= 15 is 0 Å². The zero-order chi connectivity index (χ0) is 10.8. The van der Waals surface area contributed by atoms with Crippen molar-refractivity contribution in [3.8, 4) is 10.7 Å². The van der Waals surface area contributed by atoms with Crippen molar-refractivity contribution in [2.45, 2.75) is 0 Å². The summed E-state index contributed by atoms with van der Waals surface area (Å²) < 4.78 is 3.71. The van der Waals surface area contributed by atoms with Crippen LogP contribution in [0.25, 0.3) is 16.8 Å². The summed E-state index contributed by atoms with van der Waals surface area (Å²) in [6.45, 7) is 3.56. The lowest BCUT2D eigenvalue weighted by atomic mass is 10.3. The highest BCUT2D eigenvalue weighted by Gasteiger charge is 2.17. The maximum Gasteiger partial charge on any atom is 0.340 e. The highest BCUT2D eigenvalue weighted by molar-refractivity contribution is 7.09. The molecule has 2 rings (SSSR count). The van der Waals surface area contributed by atoms with E-state index in [1.54, 1.807) is 0 Å². The van der Waals surface area contributed by atoms with Crippen molar-refractivity contribution in [2.24, 2.45) is 0 Å². The summed E-state index contributed by atoms with van der Waals surface area (Å²) in [5.74, 6) is 0.222. The molecule has 0 saturated carbocycles. The number of hydrogen-bond acceptors (Lipinski definition) is 6. The van der Waals surface area contributed by atoms with Crippen LogP contribution >= 0.6 is 11.5 Å². The van der Waals surface area contributed by atoms with Crippen LogP contribution in [0.2, 0.25) is 0 Å². The quantitative estimate of drug-likeness (QED) is 0.627. The topological polar surface area (TPSA) is 97.6 Å². The zero-order valence-corrected chi connectivity index (χ0v) is 8.19. The number of nitro groups is 1. The minimum absolute atomic E-state index is 0.159. The Hall–Kier alpha value is -2.09. The van der Waals surface area contributed by atoms with Gasteiger partial charge in [-0.2, -0.15) is 0 Å². The van der Waals surface area contributed by atoms with Crippen molar-refractivity contribution >= 4 is 23.4 Å². The van der Waals surface area contributed by atoms with Crippen molar-refractivity contribution in [3.63, 3.8) is 0 Å². The third-order valence-electron chi connectivity index (χ3n) is 1.68. The second-order valence-electron chi connectivity index (χ2n) is 2.57. The van der Waals surface area contributed by atoms with Crippen LogP contribution in [0.3, 0.4) is 0 Å². The van der Waals surface area contributed by atoms with Crippen molar-refractivity contribution in [1.82, 2.24) is 19.6 Å². The fourth-order valence-corrected chi connectivity index (χ4v) is 1.63. The van der Waals surface area contributed by atoms with E-state index in [1.165, 1.54) is 6.08 Å². The second kappa shape index (κ2) is 3.58. The molecule has 76 valence electrons. The first-order chi connectivity index (χ1) is 7.22. The number of nitrogens with one attached hydrogen (secondary N) is 1. The average molecular weight is 223 g/mol. The summed E-state index contributed by atoms with van der Waals surface area (Å²) in [6, 6.07) is 0. The van der Waals surface area contributed by atoms with E-state index in [0.29, 0.717) is 16.4 Å². The summed E-state index contributed by atoms with van der Waals surface area (Å²) in [4.78, 5) is 17.0. The van der Waals surface area contributed by atoms with Gasteiger partial charge in [0, 0.05) is 0 Å². The normalized spacial score (nSPS) is 10.1. The number of aromatic nitrogens is 4. The van der Waals surface area contributed by atoms with Crippen LogP contribution in [0.4, 0.5) is 5.82 Å². The van der Waals surface area contributed by atoms with E-state index in [0.717, 1.165) is 17.7 Å². The van der Waals surface area contributed by atoms with Crippen LogP contribution in [-0.2, 0) is 0 Å². The monoisotopic (exact) mass is 223 g/mol. The first-order valence-electron chi connectivity index (χ1n) is 3.87. The van der Waals surface area contributed by atoms with Gasteiger partial charge in [0.1, 0.15) is 16.8 Å². The molecule has 0 bridgehead atoms. The molecule has 0 radical (unpaired) electrons. The predicted molar refractivity (Wildman–Crippen MR) is 54.2 cm³/mol. The van der Waals surface area contributed by atoms with E-state index < -0.39 is 4.92 Å². The Bertz CT molecular complexity index is 517. The van der Waals surface area contributed by atoms with Gasteiger partial charge in [-0.25, -0.2) is 9.97 Å². The van der Waals surface area contributed by atoms with Gasteiger partial charge in [-0.3, -0.25) is 0 Å². The summed E-state index contributed by atoms with van der Waals surface area (Å²) in [6.07, 6.45) is 2.68. The molecule has 8 heteroatoms. The fraction of sp³-hybridized carbons (Fsp3) is 0. The largest absolute Gasteiger partial charge is 0.358 e. The van der Waals surface area contributed by atoms with Gasteiger partial charge >= 0.3 is 5.82 Å². The van der Waals surface area contributed by atoms with Gasteiger partial charge in [0.2, 0.25) is 5.82 Å². The molecule has 0 atom stereocenters. The lowest BCUT2D eigenvalue weighted by Gasteiger charge is -1.87. The van der Waals surface area contributed by atoms with Gasteiger partial charge in [-0.1, -0.05) is 11.1 Å². The van der Waals surface area contributed by atoms with Crippen LogP contribution in [0, 0.1) is 10.1 Å². The zero-order valence-electron chi connectivity index (χ0n) is 7.38. The van der Waals surface area contributed by atoms with Crippen LogP contribution < -0.4 is 0 Å². The SMILES string of the molecule is C=Cc1nnsc1-c1ncc([N+](=O)[O-])[nH]1. The van der Waals surface area contributed by atoms with Crippen molar-refractivity contribution < 1.29 is 4.92 Å². The molecule has 0 aliphatic rings. The molecule has 2 aromatic heterocycles. The van der Waals surface area contributed by atoms with Crippen molar-refractivity contribution in [1.29, 1.82) is 0 Å². The highest BCUT2D eigenvalue weighted by Crippen LogP contribution is 2.25. The molecule has 1 N–H and O–H groups in total. The highest BCUT2D eigenvalue weighted by atomic mass is 32.1. The molecule has 0 amide bonds. The predicted octanol–water partition coefficient (Wildman–Crippen LogP) is 1.48. The van der Waals surface area contributed by atoms with E-state index in [4.69, 9.17) is 0 Å². The molecule has 0 aromatic carbocycles.